The molecule has 5 aromatic rings. The van der Waals surface area contributed by atoms with E-state index in [0.717, 1.165) is 17.7 Å². The number of halogens is 4. The average molecular weight is 586 g/mol. The number of imidazole rings is 1. The van der Waals surface area contributed by atoms with Gasteiger partial charge in [-0.05, 0) is 54.1 Å². The molecule has 212 valence electrons. The summed E-state index contributed by atoms with van der Waals surface area (Å²) in [5.41, 5.74) is 1.26. The van der Waals surface area contributed by atoms with Gasteiger partial charge in [0.2, 0.25) is 0 Å². The lowest BCUT2D eigenvalue weighted by Gasteiger charge is -2.08. The highest BCUT2D eigenvalue weighted by atomic mass is 35.5. The zero-order valence-corrected chi connectivity index (χ0v) is 22.3. The second-order valence-electron chi connectivity index (χ2n) is 8.91. The van der Waals surface area contributed by atoms with Crippen LogP contribution in [0.15, 0.2) is 66.7 Å². The number of carbonyl (C=O) groups excluding carboxylic acids is 1. The van der Waals surface area contributed by atoms with Crippen molar-refractivity contribution in [2.45, 2.75) is 12.7 Å². The smallest absolute Gasteiger partial charge is 0.416 e. The lowest BCUT2D eigenvalue weighted by Crippen LogP contribution is -2.13. The van der Waals surface area contributed by atoms with E-state index < -0.39 is 17.6 Å². The number of aliphatic hydroxyl groups excluding tert-OH is 1. The number of ether oxygens (including phenoxy) is 2. The van der Waals surface area contributed by atoms with Crippen molar-refractivity contribution in [3.05, 3.63) is 88.4 Å². The van der Waals surface area contributed by atoms with Gasteiger partial charge in [-0.2, -0.15) is 18.3 Å². The maximum Gasteiger partial charge on any atom is 0.416 e. The van der Waals surface area contributed by atoms with Gasteiger partial charge >= 0.3 is 6.18 Å². The fourth-order valence-electron chi connectivity index (χ4n) is 4.10. The molecule has 0 radical (unpaired) electrons. The maximum atomic E-state index is 13.2. The predicted molar refractivity (Wildman–Crippen MR) is 146 cm³/mol. The van der Waals surface area contributed by atoms with Gasteiger partial charge in [0.05, 0.1) is 41.9 Å². The van der Waals surface area contributed by atoms with Gasteiger partial charge in [-0.1, -0.05) is 23.7 Å². The number of anilines is 1. The van der Waals surface area contributed by atoms with Crippen molar-refractivity contribution >= 4 is 34.4 Å². The van der Waals surface area contributed by atoms with Crippen LogP contribution in [0, 0.1) is 0 Å². The Morgan fingerprint density at radius 3 is 2.56 bits per heavy atom. The van der Waals surface area contributed by atoms with Crippen LogP contribution in [-0.2, 0) is 12.7 Å². The number of methoxy groups -OCH3 is 1. The van der Waals surface area contributed by atoms with Gasteiger partial charge in [0.15, 0.2) is 11.6 Å². The summed E-state index contributed by atoms with van der Waals surface area (Å²) < 4.78 is 51.9. The van der Waals surface area contributed by atoms with E-state index in [2.05, 4.69) is 20.4 Å². The quantitative estimate of drug-likeness (QED) is 0.202. The third kappa shape index (κ3) is 6.28. The van der Waals surface area contributed by atoms with E-state index in [1.54, 1.807) is 30.0 Å². The van der Waals surface area contributed by atoms with E-state index in [-0.39, 0.29) is 47.5 Å². The van der Waals surface area contributed by atoms with E-state index in [1.165, 1.54) is 24.3 Å². The van der Waals surface area contributed by atoms with Crippen molar-refractivity contribution in [2.75, 3.05) is 25.6 Å². The van der Waals surface area contributed by atoms with Crippen LogP contribution >= 0.6 is 11.6 Å². The number of H-pyrrole nitrogens is 1. The van der Waals surface area contributed by atoms with Crippen molar-refractivity contribution in [3.63, 3.8) is 0 Å². The monoisotopic (exact) mass is 585 g/mol. The molecule has 3 aromatic carbocycles. The molecule has 5 rings (SSSR count). The molecule has 41 heavy (non-hydrogen) atoms. The van der Waals surface area contributed by atoms with Crippen LogP contribution in [0.4, 0.5) is 19.0 Å². The van der Waals surface area contributed by atoms with E-state index in [1.807, 2.05) is 12.1 Å². The van der Waals surface area contributed by atoms with Crippen LogP contribution in [-0.4, -0.2) is 51.1 Å². The second kappa shape index (κ2) is 11.5. The van der Waals surface area contributed by atoms with Crippen LogP contribution in [0.5, 0.6) is 11.5 Å². The zero-order chi connectivity index (χ0) is 29.1. The summed E-state index contributed by atoms with van der Waals surface area (Å²) in [5.74, 6) is 0.954. The molecule has 0 bridgehead atoms. The number of nitrogens with one attached hydrogen (secondary N) is 2. The first-order valence-electron chi connectivity index (χ1n) is 12.3. The molecule has 0 saturated carbocycles. The molecule has 0 unspecified atom stereocenters. The Hall–Kier alpha value is -4.55. The minimum absolute atomic E-state index is 0.0545. The normalized spacial score (nSPS) is 11.6. The number of aliphatic hydroxyl groups is 1. The Kier molecular flexibility index (Phi) is 7.86. The predicted octanol–water partition coefficient (Wildman–Crippen LogP) is 5.78. The maximum absolute atomic E-state index is 13.2. The SMILES string of the molecule is COc1ccc(Cn2nc(NC(=O)c3ccc(OCCO)c(Cl)c3)cc2-c2nc3cc(C(F)(F)F)ccc3[nH]2)cc1. The van der Waals surface area contributed by atoms with Gasteiger partial charge in [-0.3, -0.25) is 9.48 Å². The molecular weight excluding hydrogens is 563 g/mol. The molecule has 3 N–H and O–H groups in total. The molecule has 1 amide bonds. The van der Waals surface area contributed by atoms with Gasteiger partial charge in [0.1, 0.15) is 23.8 Å². The highest BCUT2D eigenvalue weighted by molar-refractivity contribution is 6.32. The van der Waals surface area contributed by atoms with E-state index in [9.17, 15) is 18.0 Å². The van der Waals surface area contributed by atoms with Crippen LogP contribution in [0.25, 0.3) is 22.6 Å². The molecule has 0 atom stereocenters. The van der Waals surface area contributed by atoms with E-state index in [0.29, 0.717) is 22.7 Å². The fraction of sp³-hybridized carbons (Fsp3) is 0.179. The van der Waals surface area contributed by atoms with Crippen LogP contribution in [0.2, 0.25) is 5.02 Å². The molecule has 0 saturated heterocycles. The molecule has 2 aromatic heterocycles. The fourth-order valence-corrected chi connectivity index (χ4v) is 4.33. The molecule has 0 aliphatic heterocycles. The third-order valence-corrected chi connectivity index (χ3v) is 6.40. The molecule has 2 heterocycles. The van der Waals surface area contributed by atoms with Gasteiger partial charge in [-0.15, -0.1) is 0 Å². The number of fused-ring (bicyclic) bond motifs is 1. The number of alkyl halides is 3. The van der Waals surface area contributed by atoms with Crippen molar-refractivity contribution < 1.29 is 32.5 Å². The van der Waals surface area contributed by atoms with Crippen LogP contribution < -0.4 is 14.8 Å². The van der Waals surface area contributed by atoms with Crippen molar-refractivity contribution in [3.8, 4) is 23.0 Å². The van der Waals surface area contributed by atoms with Crippen LogP contribution in [0.1, 0.15) is 21.5 Å². The summed E-state index contributed by atoms with van der Waals surface area (Å²) in [6.07, 6.45) is -4.51. The summed E-state index contributed by atoms with van der Waals surface area (Å²) in [6.45, 7) is 0.135. The molecule has 9 nitrogen and oxygen atoms in total. The van der Waals surface area contributed by atoms with Gasteiger partial charge < -0.3 is 24.9 Å². The molecule has 0 spiro atoms. The number of rotatable bonds is 9. The van der Waals surface area contributed by atoms with E-state index >= 15 is 0 Å². The third-order valence-electron chi connectivity index (χ3n) is 6.11. The molecule has 0 aliphatic carbocycles. The first kappa shape index (κ1) is 28.0. The molecule has 0 aliphatic rings. The number of aromatic nitrogens is 4. The number of aromatic amines is 1. The van der Waals surface area contributed by atoms with Gasteiger partial charge in [0, 0.05) is 11.6 Å². The second-order valence-corrected chi connectivity index (χ2v) is 9.31. The average Bonchev–Trinajstić information content (AvgIpc) is 3.55. The van der Waals surface area contributed by atoms with E-state index in [4.69, 9.17) is 26.2 Å². The van der Waals surface area contributed by atoms with Crippen molar-refractivity contribution in [2.24, 2.45) is 0 Å². The van der Waals surface area contributed by atoms with Gasteiger partial charge in [0.25, 0.3) is 5.91 Å². The topological polar surface area (TPSA) is 114 Å². The largest absolute Gasteiger partial charge is 0.497 e. The minimum Gasteiger partial charge on any atom is -0.497 e. The van der Waals surface area contributed by atoms with Crippen molar-refractivity contribution in [1.82, 2.24) is 19.7 Å². The van der Waals surface area contributed by atoms with Crippen LogP contribution in [0.3, 0.4) is 0 Å². The summed E-state index contributed by atoms with van der Waals surface area (Å²) in [6, 6.07) is 16.6. The Labute approximate surface area is 236 Å². The highest BCUT2D eigenvalue weighted by Gasteiger charge is 2.31. The van der Waals surface area contributed by atoms with Crippen molar-refractivity contribution in [1.29, 1.82) is 0 Å². The molecule has 0 fully saturated rings. The summed E-state index contributed by atoms with van der Waals surface area (Å²) in [7, 11) is 1.56. The number of hydrogen-bond acceptors (Lipinski definition) is 6. The number of amides is 1. The standard InChI is InChI=1S/C28H23ClF3N5O4/c1-40-19-6-2-16(3-7-19)15-37-23(26-33-21-8-5-18(28(30,31)32)13-22(21)34-26)14-25(36-37)35-27(39)17-4-9-24(20(29)12-17)41-11-10-38/h2-9,12-14,38H,10-11,15H2,1H3,(H,33,34)(H,35,36,39). The first-order chi connectivity index (χ1) is 19.6. The lowest BCUT2D eigenvalue weighted by atomic mass is 10.2. The number of benzene rings is 3. The summed E-state index contributed by atoms with van der Waals surface area (Å²) in [4.78, 5) is 20.4. The van der Waals surface area contributed by atoms with Gasteiger partial charge in [-0.25, -0.2) is 4.98 Å². The molecular formula is C28H23ClF3N5O4. The Bertz CT molecular complexity index is 1700. The summed E-state index contributed by atoms with van der Waals surface area (Å²) in [5, 5.41) is 16.4. The lowest BCUT2D eigenvalue weighted by molar-refractivity contribution is -0.137. The number of nitrogens with zero attached hydrogens (tertiary/aromatic N) is 3. The Morgan fingerprint density at radius 2 is 1.88 bits per heavy atom. The molecule has 13 heteroatoms. The Morgan fingerprint density at radius 1 is 1.10 bits per heavy atom. The summed E-state index contributed by atoms with van der Waals surface area (Å²) >= 11 is 6.21. The zero-order valence-electron chi connectivity index (χ0n) is 21.5. The Balaban J connectivity index is 1.48. The number of hydrogen-bond donors (Lipinski definition) is 3. The number of carbonyl (C=O) groups is 1. The first-order valence-corrected chi connectivity index (χ1v) is 12.6. The highest BCUT2D eigenvalue weighted by Crippen LogP contribution is 2.32. The minimum atomic E-state index is -4.51.